The van der Waals surface area contributed by atoms with E-state index in [-0.39, 0.29) is 13.8 Å². The minimum Gasteiger partial charge on any atom is -0.412 e. The van der Waals surface area contributed by atoms with Crippen molar-refractivity contribution in [1.82, 2.24) is 0 Å². The first kappa shape index (κ1) is 51.5. The Morgan fingerprint density at radius 2 is 1.03 bits per heavy atom. The molecule has 0 saturated heterocycles. The molecule has 0 bridgehead atoms. The number of rotatable bonds is 12. The van der Waals surface area contributed by atoms with Crippen LogP contribution < -0.4 is 0 Å². The average molecular weight is 513 g/mol. The van der Waals surface area contributed by atoms with Gasteiger partial charge < -0.3 is 11.0 Å². The van der Waals surface area contributed by atoms with Gasteiger partial charge in [0.15, 0.2) is 0 Å². The molecule has 2 atom stereocenters. The largest absolute Gasteiger partial charge is 0.412 e. The van der Waals surface area contributed by atoms with Gasteiger partial charge in [0.1, 0.15) is 0 Å². The van der Waals surface area contributed by atoms with Gasteiger partial charge in [-0.25, -0.2) is 0 Å². The maximum Gasteiger partial charge on any atom is 0 e. The molecule has 1 fully saturated rings. The predicted molar refractivity (Wildman–Crippen MR) is 174 cm³/mol. The van der Waals surface area contributed by atoms with E-state index in [0.717, 1.165) is 23.7 Å². The first-order valence-corrected chi connectivity index (χ1v) is 16.0. The molecule has 0 aliphatic heterocycles. The Labute approximate surface area is 230 Å². The predicted octanol–water partition coefficient (Wildman–Crippen LogP) is 12.4. The molecule has 0 spiro atoms. The topological polar surface area (TPSA) is 63.0 Å². The quantitative estimate of drug-likeness (QED) is 0.233. The second-order valence-corrected chi connectivity index (χ2v) is 9.41. The zero-order valence-corrected chi connectivity index (χ0v) is 27.9. The minimum absolute atomic E-state index is 0. The van der Waals surface area contributed by atoms with Crippen molar-refractivity contribution < 1.29 is 13.8 Å². The molecule has 0 aromatic carbocycles. The van der Waals surface area contributed by atoms with Crippen LogP contribution >= 0.6 is 0 Å². The molecule has 35 heavy (non-hydrogen) atoms. The third-order valence-corrected chi connectivity index (χ3v) is 6.40. The average Bonchev–Trinajstić information content (AvgIpc) is 2.88. The third kappa shape index (κ3) is 47.7. The SMILES string of the molecule is CC.CC.CC.CC.CCCCCC1CCCCC1.CCCCCCC(C)CC(C)C(C)C.O.O.[HH].[HH]. The van der Waals surface area contributed by atoms with E-state index in [4.69, 9.17) is 0 Å². The molecule has 2 unspecified atom stereocenters. The van der Waals surface area contributed by atoms with E-state index in [2.05, 4.69) is 41.5 Å². The molecule has 2 nitrogen and oxygen atoms in total. The molecule has 0 aromatic heterocycles. The highest BCUT2D eigenvalue weighted by Gasteiger charge is 2.12. The van der Waals surface area contributed by atoms with Crippen LogP contribution in [-0.4, -0.2) is 11.0 Å². The Morgan fingerprint density at radius 3 is 1.43 bits per heavy atom. The molecule has 0 aromatic rings. The molecule has 0 amide bonds. The van der Waals surface area contributed by atoms with Crippen LogP contribution in [0.25, 0.3) is 0 Å². The molecule has 1 aliphatic rings. The fourth-order valence-electron chi connectivity index (χ4n) is 4.10. The monoisotopic (exact) mass is 513 g/mol. The highest BCUT2D eigenvalue weighted by molar-refractivity contribution is 4.65. The van der Waals surface area contributed by atoms with Gasteiger partial charge in [0, 0.05) is 2.85 Å². The molecule has 1 saturated carbocycles. The van der Waals surface area contributed by atoms with Crippen LogP contribution in [0.15, 0.2) is 0 Å². The van der Waals surface area contributed by atoms with Gasteiger partial charge in [0.05, 0.1) is 0 Å². The van der Waals surface area contributed by atoms with Crippen LogP contribution in [0.1, 0.15) is 196 Å². The Kier molecular flexibility index (Phi) is 74.7. The number of unbranched alkanes of at least 4 members (excludes halogenated alkanes) is 5. The van der Waals surface area contributed by atoms with Crippen molar-refractivity contribution in [3.63, 3.8) is 0 Å². The summed E-state index contributed by atoms with van der Waals surface area (Å²) in [6.45, 7) is 30.1. The fraction of sp³-hybridized carbons (Fsp3) is 1.00. The molecule has 1 rings (SSSR count). The molecule has 1 aliphatic carbocycles. The van der Waals surface area contributed by atoms with Crippen molar-refractivity contribution in [2.24, 2.45) is 23.7 Å². The van der Waals surface area contributed by atoms with E-state index < -0.39 is 0 Å². The van der Waals surface area contributed by atoms with Crippen LogP contribution in [0.2, 0.25) is 0 Å². The van der Waals surface area contributed by atoms with Gasteiger partial charge in [0.2, 0.25) is 0 Å². The maximum absolute atomic E-state index is 2.42. The van der Waals surface area contributed by atoms with E-state index >= 15 is 0 Å². The summed E-state index contributed by atoms with van der Waals surface area (Å²) in [6, 6.07) is 0. The molecular weight excluding hydrogens is 428 g/mol. The van der Waals surface area contributed by atoms with Crippen molar-refractivity contribution in [3.05, 3.63) is 0 Å². The van der Waals surface area contributed by atoms with Gasteiger partial charge in [-0.2, -0.15) is 0 Å². The van der Waals surface area contributed by atoms with Crippen molar-refractivity contribution in [2.45, 2.75) is 193 Å². The van der Waals surface area contributed by atoms with Crippen molar-refractivity contribution >= 4 is 0 Å². The molecule has 0 heterocycles. The normalized spacial score (nSPS) is 13.5. The summed E-state index contributed by atoms with van der Waals surface area (Å²) in [5, 5.41) is 0. The number of hydrogen-bond acceptors (Lipinski definition) is 0. The van der Waals surface area contributed by atoms with Crippen LogP contribution in [-0.2, 0) is 0 Å². The summed E-state index contributed by atoms with van der Waals surface area (Å²) in [7, 11) is 0. The second kappa shape index (κ2) is 50.7. The highest BCUT2D eigenvalue weighted by atomic mass is 16.0. The summed E-state index contributed by atoms with van der Waals surface area (Å²) in [5.74, 6) is 3.80. The molecule has 228 valence electrons. The molecule has 4 N–H and O–H groups in total. The van der Waals surface area contributed by atoms with E-state index in [1.807, 2.05) is 55.4 Å². The van der Waals surface area contributed by atoms with Crippen LogP contribution in [0.3, 0.4) is 0 Å². The standard InChI is InChI=1S/C14H30.C11H22.4C2H6.2H2O.2H2/c1-6-7-8-9-10-13(4)11-14(5)12(2)3;1-2-3-5-8-11-9-6-4-7-10-11;4*1-2;;;;/h12-14H,6-11H2,1-5H3;11H,2-10H2,1H3;4*1-2H3;2*1H2;2*1H. The molecular formula is C33H84O2. The lowest BCUT2D eigenvalue weighted by molar-refractivity contribution is 0.316. The summed E-state index contributed by atoms with van der Waals surface area (Å²) in [5.41, 5.74) is 0. The van der Waals surface area contributed by atoms with Gasteiger partial charge in [-0.15, -0.1) is 0 Å². The van der Waals surface area contributed by atoms with Gasteiger partial charge in [-0.1, -0.05) is 187 Å². The van der Waals surface area contributed by atoms with Gasteiger partial charge in [0.25, 0.3) is 0 Å². The fourth-order valence-corrected chi connectivity index (χ4v) is 4.10. The lowest BCUT2D eigenvalue weighted by atomic mass is 9.86. The van der Waals surface area contributed by atoms with Crippen molar-refractivity contribution in [3.8, 4) is 0 Å². The Balaban J connectivity index is -0.0000000441. The zero-order chi connectivity index (χ0) is 26.9. The third-order valence-electron chi connectivity index (χ3n) is 6.40. The summed E-state index contributed by atoms with van der Waals surface area (Å²) >= 11 is 0. The lowest BCUT2D eigenvalue weighted by Gasteiger charge is -2.20. The van der Waals surface area contributed by atoms with Crippen LogP contribution in [0.4, 0.5) is 0 Å². The minimum atomic E-state index is 0. The summed E-state index contributed by atoms with van der Waals surface area (Å²) in [6.07, 6.45) is 22.0. The van der Waals surface area contributed by atoms with E-state index in [0.29, 0.717) is 0 Å². The summed E-state index contributed by atoms with van der Waals surface area (Å²) < 4.78 is 0. The summed E-state index contributed by atoms with van der Waals surface area (Å²) in [4.78, 5) is 0. The van der Waals surface area contributed by atoms with E-state index in [1.165, 1.54) is 96.3 Å². The Bertz CT molecular complexity index is 271. The molecule has 0 radical (unpaired) electrons. The Morgan fingerprint density at radius 1 is 0.600 bits per heavy atom. The van der Waals surface area contributed by atoms with Crippen molar-refractivity contribution in [1.29, 1.82) is 0 Å². The zero-order valence-electron chi connectivity index (χ0n) is 27.9. The first-order chi connectivity index (χ1) is 16.0. The van der Waals surface area contributed by atoms with E-state index in [9.17, 15) is 0 Å². The Hall–Kier alpha value is -0.0800. The number of hydrogen-bond donors (Lipinski definition) is 0. The first-order valence-electron chi connectivity index (χ1n) is 16.0. The van der Waals surface area contributed by atoms with E-state index in [1.54, 1.807) is 0 Å². The highest BCUT2D eigenvalue weighted by Crippen LogP contribution is 2.27. The second-order valence-electron chi connectivity index (χ2n) is 9.41. The lowest BCUT2D eigenvalue weighted by Crippen LogP contribution is -2.09. The maximum atomic E-state index is 2.42. The van der Waals surface area contributed by atoms with Crippen molar-refractivity contribution in [2.75, 3.05) is 0 Å². The molecule has 2 heteroatoms. The van der Waals surface area contributed by atoms with Crippen LogP contribution in [0, 0.1) is 23.7 Å². The van der Waals surface area contributed by atoms with Gasteiger partial charge in [-0.3, -0.25) is 0 Å². The smallest absolute Gasteiger partial charge is 0 e. The van der Waals surface area contributed by atoms with Gasteiger partial charge in [-0.05, 0) is 30.1 Å². The van der Waals surface area contributed by atoms with Crippen LogP contribution in [0.5, 0.6) is 0 Å². The van der Waals surface area contributed by atoms with Gasteiger partial charge >= 0.3 is 0 Å².